The van der Waals surface area contributed by atoms with Crippen LogP contribution in [-0.2, 0) is 6.54 Å². The Morgan fingerprint density at radius 3 is 2.65 bits per heavy atom. The predicted octanol–water partition coefficient (Wildman–Crippen LogP) is 4.24. The number of fused-ring (bicyclic) bond motifs is 2. The Balaban J connectivity index is 1.55. The third-order valence-electron chi connectivity index (χ3n) is 6.92. The molecule has 0 atom stereocenters. The van der Waals surface area contributed by atoms with Gasteiger partial charge < -0.3 is 10.5 Å². The molecule has 0 spiro atoms. The van der Waals surface area contributed by atoms with Crippen molar-refractivity contribution in [3.8, 4) is 17.0 Å². The van der Waals surface area contributed by atoms with Crippen LogP contribution in [-0.4, -0.2) is 36.4 Å². The molecule has 37 heavy (non-hydrogen) atoms. The van der Waals surface area contributed by atoms with Crippen molar-refractivity contribution in [2.24, 2.45) is 0 Å². The molecule has 2 N–H and O–H groups in total. The number of halogens is 2. The van der Waals surface area contributed by atoms with Crippen molar-refractivity contribution >= 4 is 27.8 Å². The second-order valence-corrected chi connectivity index (χ2v) is 9.09. The van der Waals surface area contributed by atoms with Gasteiger partial charge in [0.2, 0.25) is 0 Å². The van der Waals surface area contributed by atoms with Crippen LogP contribution in [0.2, 0.25) is 0 Å². The van der Waals surface area contributed by atoms with Gasteiger partial charge in [-0.2, -0.15) is 5.10 Å². The Morgan fingerprint density at radius 1 is 1.08 bits per heavy atom. The number of anilines is 1. The van der Waals surface area contributed by atoms with Crippen molar-refractivity contribution in [3.05, 3.63) is 70.5 Å². The Hall–Kier alpha value is -4.41. The van der Waals surface area contributed by atoms with Crippen LogP contribution in [0.5, 0.6) is 5.75 Å². The highest BCUT2D eigenvalue weighted by Crippen LogP contribution is 2.34. The Bertz CT molecular complexity index is 1720. The minimum atomic E-state index is -0.595. The first-order chi connectivity index (χ1) is 18.0. The summed E-state index contributed by atoms with van der Waals surface area (Å²) in [5.41, 5.74) is 7.33. The monoisotopic (exact) mass is 503 g/mol. The van der Waals surface area contributed by atoms with Gasteiger partial charge in [0.1, 0.15) is 41.4 Å². The number of benzene rings is 2. The fourth-order valence-electron chi connectivity index (χ4n) is 5.19. The van der Waals surface area contributed by atoms with Gasteiger partial charge in [-0.05, 0) is 43.2 Å². The van der Waals surface area contributed by atoms with Crippen LogP contribution >= 0.6 is 0 Å². The lowest BCUT2D eigenvalue weighted by Crippen LogP contribution is -2.30. The molecule has 0 unspecified atom stereocenters. The number of nitrogens with two attached hydrogens (primary N) is 1. The first-order valence-electron chi connectivity index (χ1n) is 12.0. The van der Waals surface area contributed by atoms with Gasteiger partial charge >= 0.3 is 0 Å². The number of nitrogen functional groups attached to an aromatic ring is 1. The summed E-state index contributed by atoms with van der Waals surface area (Å²) in [6.07, 6.45) is 4.89. The third kappa shape index (κ3) is 3.78. The highest BCUT2D eigenvalue weighted by molar-refractivity contribution is 5.98. The molecule has 0 bridgehead atoms. The summed E-state index contributed by atoms with van der Waals surface area (Å²) < 4.78 is 37.4. The van der Waals surface area contributed by atoms with Gasteiger partial charge in [0.25, 0.3) is 5.56 Å². The number of rotatable bonds is 5. The summed E-state index contributed by atoms with van der Waals surface area (Å²) in [6, 6.07) is 8.82. The maximum absolute atomic E-state index is 14.7. The van der Waals surface area contributed by atoms with Crippen LogP contribution in [0.25, 0.3) is 33.2 Å². The van der Waals surface area contributed by atoms with Gasteiger partial charge in [0, 0.05) is 11.6 Å². The van der Waals surface area contributed by atoms with Crippen LogP contribution in [0.4, 0.5) is 14.6 Å². The summed E-state index contributed by atoms with van der Waals surface area (Å²) in [5, 5.41) is 5.13. The van der Waals surface area contributed by atoms with E-state index in [-0.39, 0.29) is 35.1 Å². The van der Waals surface area contributed by atoms with Crippen LogP contribution in [0, 0.1) is 11.6 Å². The first kappa shape index (κ1) is 23.0. The van der Waals surface area contributed by atoms with Crippen LogP contribution < -0.4 is 16.0 Å². The second-order valence-electron chi connectivity index (χ2n) is 9.09. The highest BCUT2D eigenvalue weighted by Gasteiger charge is 2.26. The molecule has 0 aliphatic heterocycles. The van der Waals surface area contributed by atoms with Crippen LogP contribution in [0.1, 0.15) is 37.5 Å². The third-order valence-corrected chi connectivity index (χ3v) is 6.92. The number of methoxy groups -OCH3 is 1. The van der Waals surface area contributed by atoms with Crippen molar-refractivity contribution in [1.29, 1.82) is 0 Å². The summed E-state index contributed by atoms with van der Waals surface area (Å²) in [6.45, 7) is 0.0732. The van der Waals surface area contributed by atoms with Gasteiger partial charge in [0.15, 0.2) is 17.2 Å². The maximum atomic E-state index is 14.7. The average Bonchev–Trinajstić information content (AvgIpc) is 3.53. The summed E-state index contributed by atoms with van der Waals surface area (Å²) in [5.74, 6) is -0.424. The van der Waals surface area contributed by atoms with Gasteiger partial charge in [-0.25, -0.2) is 28.4 Å². The zero-order chi connectivity index (χ0) is 25.7. The standard InChI is InChI=1S/C26H23F2N7O2/c1-37-19-10-9-14(11-17(19)28)23-22-24(29)30-13-31-25(22)34(33-23)12-20-32-18-8-4-7-16(27)21(18)26(36)35(20)15-5-2-3-6-15/h4,7-11,13,15H,2-3,5-6,12H2,1H3,(H2,29,30,31). The fourth-order valence-corrected chi connectivity index (χ4v) is 5.19. The Labute approximate surface area is 209 Å². The van der Waals surface area contributed by atoms with E-state index < -0.39 is 17.2 Å². The number of hydrogen-bond acceptors (Lipinski definition) is 7. The summed E-state index contributed by atoms with van der Waals surface area (Å²) in [7, 11) is 1.39. The minimum Gasteiger partial charge on any atom is -0.494 e. The molecular formula is C26H23F2N7O2. The molecule has 11 heteroatoms. The van der Waals surface area contributed by atoms with E-state index >= 15 is 0 Å². The number of hydrogen-bond donors (Lipinski definition) is 1. The van der Waals surface area contributed by atoms with Gasteiger partial charge in [0.05, 0.1) is 18.0 Å². The molecule has 3 heterocycles. The molecule has 188 valence electrons. The molecular weight excluding hydrogens is 480 g/mol. The van der Waals surface area contributed by atoms with Crippen molar-refractivity contribution < 1.29 is 13.5 Å². The Morgan fingerprint density at radius 2 is 1.89 bits per heavy atom. The van der Waals surface area contributed by atoms with Crippen molar-refractivity contribution in [2.45, 2.75) is 38.3 Å². The molecule has 1 aliphatic carbocycles. The van der Waals surface area contributed by atoms with Gasteiger partial charge in [-0.3, -0.25) is 9.36 Å². The first-order valence-corrected chi connectivity index (χ1v) is 12.0. The van der Waals surface area contributed by atoms with Gasteiger partial charge in [-0.15, -0.1) is 0 Å². The SMILES string of the molecule is COc1ccc(-c2nn(Cc3nc4cccc(F)c4c(=O)n3C3CCCC3)c3ncnc(N)c23)cc1F. The van der Waals surface area contributed by atoms with E-state index in [1.165, 1.54) is 37.7 Å². The van der Waals surface area contributed by atoms with Crippen molar-refractivity contribution in [2.75, 3.05) is 12.8 Å². The molecule has 2 aromatic carbocycles. The molecule has 5 aromatic rings. The van der Waals surface area contributed by atoms with E-state index in [9.17, 15) is 13.6 Å². The van der Waals surface area contributed by atoms with Crippen LogP contribution in [0.15, 0.2) is 47.5 Å². The summed E-state index contributed by atoms with van der Waals surface area (Å²) in [4.78, 5) is 26.7. The fraction of sp³-hybridized carbons (Fsp3) is 0.269. The molecule has 1 saturated carbocycles. The smallest absolute Gasteiger partial charge is 0.264 e. The number of ether oxygens (including phenoxy) is 1. The van der Waals surface area contributed by atoms with E-state index in [0.717, 1.165) is 25.7 Å². The van der Waals surface area contributed by atoms with E-state index in [1.807, 2.05) is 0 Å². The lowest BCUT2D eigenvalue weighted by atomic mass is 10.1. The normalized spacial score (nSPS) is 14.1. The average molecular weight is 504 g/mol. The predicted molar refractivity (Wildman–Crippen MR) is 134 cm³/mol. The molecule has 0 amide bonds. The quantitative estimate of drug-likeness (QED) is 0.382. The molecule has 9 nitrogen and oxygen atoms in total. The minimum absolute atomic E-state index is 0.0237. The Kier molecular flexibility index (Phi) is 5.54. The highest BCUT2D eigenvalue weighted by atomic mass is 19.1. The van der Waals surface area contributed by atoms with E-state index in [1.54, 1.807) is 21.4 Å². The lowest BCUT2D eigenvalue weighted by molar-refractivity contribution is 0.386. The number of aromatic nitrogens is 6. The molecule has 3 aromatic heterocycles. The van der Waals surface area contributed by atoms with Crippen molar-refractivity contribution in [1.82, 2.24) is 29.3 Å². The molecule has 0 saturated heterocycles. The zero-order valence-corrected chi connectivity index (χ0v) is 20.0. The van der Waals surface area contributed by atoms with E-state index in [0.29, 0.717) is 28.1 Å². The second kappa shape index (κ2) is 8.91. The largest absolute Gasteiger partial charge is 0.494 e. The maximum Gasteiger partial charge on any atom is 0.264 e. The van der Waals surface area contributed by atoms with E-state index in [4.69, 9.17) is 20.6 Å². The summed E-state index contributed by atoms with van der Waals surface area (Å²) >= 11 is 0. The zero-order valence-electron chi connectivity index (χ0n) is 20.0. The van der Waals surface area contributed by atoms with Crippen LogP contribution in [0.3, 0.4) is 0 Å². The topological polar surface area (TPSA) is 114 Å². The molecule has 0 radical (unpaired) electrons. The molecule has 6 rings (SSSR count). The number of nitrogens with zero attached hydrogens (tertiary/aromatic N) is 6. The van der Waals surface area contributed by atoms with Gasteiger partial charge in [-0.1, -0.05) is 18.9 Å². The lowest BCUT2D eigenvalue weighted by Gasteiger charge is -2.19. The molecule has 1 aliphatic rings. The molecule has 1 fully saturated rings. The van der Waals surface area contributed by atoms with E-state index in [2.05, 4.69) is 9.97 Å². The van der Waals surface area contributed by atoms with Crippen molar-refractivity contribution in [3.63, 3.8) is 0 Å².